The molecule has 0 saturated carbocycles. The second-order valence-corrected chi connectivity index (χ2v) is 37.4. The van der Waals surface area contributed by atoms with Crippen LogP contribution < -0.4 is 0 Å². The first-order valence-electron chi connectivity index (χ1n) is 49.5. The van der Waals surface area contributed by atoms with Crippen molar-refractivity contribution in [2.75, 3.05) is 0 Å². The molecule has 0 fully saturated rings. The quantitative estimate of drug-likeness (QED) is 0.104. The number of para-hydroxylation sites is 9. The molecule has 0 saturated heterocycles. The van der Waals surface area contributed by atoms with E-state index in [1.165, 1.54) is 231 Å². The van der Waals surface area contributed by atoms with Crippen molar-refractivity contribution < 1.29 is 0 Å². The van der Waals surface area contributed by atoms with Crippen LogP contribution >= 0.6 is 0 Å². The van der Waals surface area contributed by atoms with Gasteiger partial charge in [-0.15, -0.1) is 0 Å². The highest BCUT2D eigenvalue weighted by Crippen LogP contribution is 2.46. The Labute approximate surface area is 833 Å². The van der Waals surface area contributed by atoms with Crippen molar-refractivity contribution >= 4 is 131 Å². The molecule has 0 bridgehead atoms. The van der Waals surface area contributed by atoms with E-state index in [1.807, 2.05) is 0 Å². The summed E-state index contributed by atoms with van der Waals surface area (Å²) >= 11 is 0. The summed E-state index contributed by atoms with van der Waals surface area (Å²) in [5.74, 6) is 0. The summed E-state index contributed by atoms with van der Waals surface area (Å²) in [4.78, 5) is 0. The summed E-state index contributed by atoms with van der Waals surface area (Å²) in [6, 6.07) is 202. The van der Waals surface area contributed by atoms with Crippen molar-refractivity contribution in [2.24, 2.45) is 0 Å². The zero-order valence-corrected chi connectivity index (χ0v) is 78.8. The van der Waals surface area contributed by atoms with Gasteiger partial charge in [-0.05, 0) is 265 Å². The highest BCUT2D eigenvalue weighted by Gasteiger charge is 2.23. The lowest BCUT2D eigenvalue weighted by Gasteiger charge is -2.10. The van der Waals surface area contributed by atoms with Crippen molar-refractivity contribution in [1.82, 2.24) is 27.4 Å². The summed E-state index contributed by atoms with van der Waals surface area (Å²) < 4.78 is 14.3. The van der Waals surface area contributed by atoms with Gasteiger partial charge >= 0.3 is 0 Å². The third-order valence-electron chi connectivity index (χ3n) is 29.2. The van der Waals surface area contributed by atoms with E-state index in [0.29, 0.717) is 0 Å². The van der Waals surface area contributed by atoms with Gasteiger partial charge in [-0.2, -0.15) is 0 Å². The molecule has 0 aliphatic heterocycles. The average Bonchev–Trinajstić information content (AvgIpc) is 1.59. The Morgan fingerprint density at radius 1 is 0.0764 bits per heavy atom. The summed E-state index contributed by atoms with van der Waals surface area (Å²) in [6.45, 7) is 0. The molecule has 6 nitrogen and oxygen atoms in total. The number of fused-ring (bicyclic) bond motifs is 18. The van der Waals surface area contributed by atoms with Gasteiger partial charge in [-0.3, -0.25) is 0 Å². The molecule has 0 unspecified atom stereocenters. The molecule has 674 valence electrons. The van der Waals surface area contributed by atoms with Crippen LogP contribution in [0.1, 0.15) is 0 Å². The third kappa shape index (κ3) is 14.8. The Bertz CT molecular complexity index is 9780. The normalized spacial score (nSPS) is 11.6. The van der Waals surface area contributed by atoms with Gasteiger partial charge in [0.1, 0.15) is 0 Å². The molecule has 29 aromatic rings. The molecule has 6 aromatic heterocycles. The minimum Gasteiger partial charge on any atom is -0.309 e. The van der Waals surface area contributed by atoms with Crippen LogP contribution in [-0.2, 0) is 0 Å². The fourth-order valence-electron chi connectivity index (χ4n) is 22.3. The summed E-state index contributed by atoms with van der Waals surface area (Å²) in [5.41, 5.74) is 41.0. The molecule has 144 heavy (non-hydrogen) atoms. The van der Waals surface area contributed by atoms with Gasteiger partial charge in [0.2, 0.25) is 0 Å². The van der Waals surface area contributed by atoms with E-state index < -0.39 is 0 Å². The maximum Gasteiger partial charge on any atom is 0.0547 e. The van der Waals surface area contributed by atoms with Crippen LogP contribution in [0.4, 0.5) is 0 Å². The van der Waals surface area contributed by atoms with Crippen molar-refractivity contribution in [3.8, 4) is 123 Å². The Morgan fingerprint density at radius 2 is 0.229 bits per heavy atom. The highest BCUT2D eigenvalue weighted by molar-refractivity contribution is 6.17. The van der Waals surface area contributed by atoms with E-state index in [1.54, 1.807) is 0 Å². The molecule has 0 atom stereocenters. The predicted octanol–water partition coefficient (Wildman–Crippen LogP) is 37.0. The number of hydrogen-bond acceptors (Lipinski definition) is 0. The number of hydrogen-bond donors (Lipinski definition) is 0. The fraction of sp³-hybridized carbons (Fsp3) is 0. The van der Waals surface area contributed by atoms with Crippen LogP contribution in [0, 0.1) is 0 Å². The van der Waals surface area contributed by atoms with Crippen LogP contribution in [0.15, 0.2) is 558 Å². The second kappa shape index (κ2) is 35.7. The van der Waals surface area contributed by atoms with Crippen molar-refractivity contribution in [1.29, 1.82) is 0 Å². The largest absolute Gasteiger partial charge is 0.309 e. The molecule has 6 heterocycles. The molecule has 23 aromatic carbocycles. The van der Waals surface area contributed by atoms with Crippen molar-refractivity contribution in [3.63, 3.8) is 0 Å². The Balaban J connectivity index is 0.000000108. The zero-order chi connectivity index (χ0) is 95.1. The van der Waals surface area contributed by atoms with E-state index in [-0.39, 0.29) is 0 Å². The second-order valence-electron chi connectivity index (χ2n) is 37.4. The molecular formula is C138H92N6. The van der Waals surface area contributed by atoms with E-state index in [4.69, 9.17) is 0 Å². The maximum absolute atomic E-state index is 2.41. The zero-order valence-electron chi connectivity index (χ0n) is 78.8. The number of nitrogens with zero attached hydrogens (tertiary/aromatic N) is 6. The lowest BCUT2D eigenvalue weighted by Crippen LogP contribution is -1.94. The average molecular weight is 1830 g/mol. The van der Waals surface area contributed by atoms with Crippen LogP contribution in [0.2, 0.25) is 0 Å². The molecule has 0 radical (unpaired) electrons. The SMILES string of the molecule is c1ccc(-c2ccc(-c3ccc4c5cc(-c6ccc(-n7c8ccccc8c8ccccc87)cc6)ccc5n(-c5ccccc5)c4c3)cc2)cc1.c1ccc(-c2ccc3c(c2)c2cc(-c4ccc(-n5c6ccccc6c6ccccc65)cc4)ccc2n3-c2ccccc2)cc1.c1ccc(-c2cccc(-c3ccc4c5cc(-c6ccc(-n7c8ccccc8c8ccccc87)cc6)ccc5n(-c5ccccc5)c4c3)c2)cc1. The van der Waals surface area contributed by atoms with Gasteiger partial charge in [-0.25, -0.2) is 0 Å². The van der Waals surface area contributed by atoms with Crippen molar-refractivity contribution in [3.05, 3.63) is 558 Å². The van der Waals surface area contributed by atoms with Gasteiger partial charge in [0.15, 0.2) is 0 Å². The summed E-state index contributed by atoms with van der Waals surface area (Å²) in [5, 5.41) is 15.2. The summed E-state index contributed by atoms with van der Waals surface area (Å²) in [7, 11) is 0. The number of rotatable bonds is 14. The lowest BCUT2D eigenvalue weighted by molar-refractivity contribution is 1.18. The molecular weight excluding hydrogens is 1740 g/mol. The van der Waals surface area contributed by atoms with Gasteiger partial charge in [0, 0.05) is 98.8 Å². The van der Waals surface area contributed by atoms with E-state index >= 15 is 0 Å². The highest BCUT2D eigenvalue weighted by atomic mass is 15.0. The molecule has 0 N–H and O–H groups in total. The monoisotopic (exact) mass is 1830 g/mol. The van der Waals surface area contributed by atoms with Gasteiger partial charge in [-0.1, -0.05) is 382 Å². The molecule has 0 aliphatic rings. The maximum atomic E-state index is 2.41. The lowest BCUT2D eigenvalue weighted by atomic mass is 9.98. The Hall–Kier alpha value is -19.1. The molecule has 0 amide bonds. The standard InChI is InChI=1S/2C48H32N2.C42H28N2/c1-3-12-33(13-4-1)35-14-11-15-36(30-35)38-24-28-43-44-31-37(25-29-47(44)50(48(43)32-38)39-16-5-2-6-17-39)34-22-26-40(27-23-34)49-45-20-9-7-18-41(45)42-19-8-10-21-46(42)49;1-3-11-33(12-4-1)34-19-21-35(22-20-34)38-25-29-43-44-31-37(26-30-47(44)50(48(43)32-38)39-13-5-2-6-14-39)36-23-27-40(28-24-36)49-45-17-9-7-15-41(45)42-16-8-10-18-46(42)49;1-3-11-29(12-4-1)31-21-25-41-37(27-31)38-28-32(22-26-42(38)43(41)33-13-5-2-6-14-33)30-19-23-34(24-20-30)44-39-17-9-7-15-35(39)36-16-8-10-18-40(36)44/h2*1-32H;1-28H. The van der Waals surface area contributed by atoms with E-state index in [9.17, 15) is 0 Å². The molecule has 6 heteroatoms. The smallest absolute Gasteiger partial charge is 0.0547 e. The topological polar surface area (TPSA) is 29.6 Å². The Kier molecular flexibility index (Phi) is 20.9. The van der Waals surface area contributed by atoms with E-state index in [2.05, 4.69) is 586 Å². The summed E-state index contributed by atoms with van der Waals surface area (Å²) in [6.07, 6.45) is 0. The predicted molar refractivity (Wildman–Crippen MR) is 609 cm³/mol. The van der Waals surface area contributed by atoms with Crippen LogP contribution in [-0.4, -0.2) is 27.4 Å². The Morgan fingerprint density at radius 3 is 0.514 bits per heavy atom. The molecule has 29 rings (SSSR count). The van der Waals surface area contributed by atoms with Gasteiger partial charge in [0.05, 0.1) is 66.2 Å². The van der Waals surface area contributed by atoms with Crippen molar-refractivity contribution in [2.45, 2.75) is 0 Å². The van der Waals surface area contributed by atoms with Gasteiger partial charge < -0.3 is 27.4 Å². The number of aromatic nitrogens is 6. The van der Waals surface area contributed by atoms with Crippen LogP contribution in [0.5, 0.6) is 0 Å². The third-order valence-corrected chi connectivity index (χ3v) is 29.2. The first-order chi connectivity index (χ1) is 71.4. The molecule has 0 spiro atoms. The van der Waals surface area contributed by atoms with Crippen LogP contribution in [0.3, 0.4) is 0 Å². The first-order valence-corrected chi connectivity index (χ1v) is 49.5. The first kappa shape index (κ1) is 84.2. The number of benzene rings is 23. The minimum absolute atomic E-state index is 1.16. The molecule has 0 aliphatic carbocycles. The fourth-order valence-corrected chi connectivity index (χ4v) is 22.3. The van der Waals surface area contributed by atoms with Crippen LogP contribution in [0.25, 0.3) is 254 Å². The van der Waals surface area contributed by atoms with E-state index in [0.717, 1.165) is 22.7 Å². The van der Waals surface area contributed by atoms with Gasteiger partial charge in [0.25, 0.3) is 0 Å². The minimum atomic E-state index is 1.16.